The average molecular weight is 171 g/mol. The molecule has 0 spiro atoms. The van der Waals surface area contributed by atoms with Crippen molar-refractivity contribution in [3.05, 3.63) is 10.4 Å². The minimum Gasteiger partial charge on any atom is -0.463 e. The topological polar surface area (TPSA) is 75.1 Å². The third-order valence-corrected chi connectivity index (χ3v) is 1.07. The fourth-order valence-electron chi connectivity index (χ4n) is 0.661. The average Bonchev–Trinajstić information content (AvgIpc) is 1.97. The van der Waals surface area contributed by atoms with E-state index in [2.05, 4.69) is 10.0 Å². The number of carbonyl (C=O) groups excluding carboxylic acids is 1. The maximum Gasteiger partial charge on any atom is 0.306 e. The van der Waals surface area contributed by atoms with Gasteiger partial charge in [0, 0.05) is 17.9 Å². The SMILES string of the molecule is CC(C)OC(=O)CCCN=[N+]=[N-]. The Hall–Kier alpha value is -1.22. The van der Waals surface area contributed by atoms with Gasteiger partial charge in [0.05, 0.1) is 6.10 Å². The summed E-state index contributed by atoms with van der Waals surface area (Å²) in [6, 6.07) is 0. The third kappa shape index (κ3) is 6.89. The van der Waals surface area contributed by atoms with Crippen molar-refractivity contribution in [3.63, 3.8) is 0 Å². The Bertz CT molecular complexity index is 185. The van der Waals surface area contributed by atoms with Crippen LogP contribution in [0.1, 0.15) is 26.7 Å². The van der Waals surface area contributed by atoms with Crippen LogP contribution < -0.4 is 0 Å². The number of nitrogens with zero attached hydrogens (tertiary/aromatic N) is 3. The molecule has 0 atom stereocenters. The van der Waals surface area contributed by atoms with Crippen molar-refractivity contribution < 1.29 is 9.53 Å². The van der Waals surface area contributed by atoms with E-state index in [4.69, 9.17) is 10.3 Å². The molecule has 0 aliphatic heterocycles. The summed E-state index contributed by atoms with van der Waals surface area (Å²) < 4.78 is 4.86. The molecule has 0 saturated heterocycles. The molecule has 0 aromatic carbocycles. The van der Waals surface area contributed by atoms with Crippen LogP contribution in [-0.2, 0) is 9.53 Å². The highest BCUT2D eigenvalue weighted by Gasteiger charge is 2.03. The molecule has 0 fully saturated rings. The van der Waals surface area contributed by atoms with Crippen molar-refractivity contribution >= 4 is 5.97 Å². The minimum atomic E-state index is -0.238. The molecule has 0 heterocycles. The van der Waals surface area contributed by atoms with Gasteiger partial charge in [0.1, 0.15) is 0 Å². The van der Waals surface area contributed by atoms with Crippen molar-refractivity contribution in [2.24, 2.45) is 5.11 Å². The lowest BCUT2D eigenvalue weighted by molar-refractivity contribution is -0.147. The lowest BCUT2D eigenvalue weighted by Crippen LogP contribution is -2.11. The van der Waals surface area contributed by atoms with E-state index < -0.39 is 0 Å². The number of hydrogen-bond donors (Lipinski definition) is 0. The van der Waals surface area contributed by atoms with Crippen LogP contribution in [0.2, 0.25) is 0 Å². The Labute approximate surface area is 71.3 Å². The number of esters is 1. The molecule has 0 unspecified atom stereocenters. The van der Waals surface area contributed by atoms with E-state index in [0.29, 0.717) is 19.4 Å². The summed E-state index contributed by atoms with van der Waals surface area (Å²) in [5, 5.41) is 3.30. The number of azide groups is 1. The first-order valence-electron chi connectivity index (χ1n) is 3.87. The molecule has 0 aromatic rings. The summed E-state index contributed by atoms with van der Waals surface area (Å²) in [6.45, 7) is 3.94. The van der Waals surface area contributed by atoms with Gasteiger partial charge >= 0.3 is 5.97 Å². The van der Waals surface area contributed by atoms with Crippen LogP contribution in [0.15, 0.2) is 5.11 Å². The van der Waals surface area contributed by atoms with E-state index >= 15 is 0 Å². The highest BCUT2D eigenvalue weighted by atomic mass is 16.5. The fourth-order valence-corrected chi connectivity index (χ4v) is 0.661. The van der Waals surface area contributed by atoms with E-state index in [1.54, 1.807) is 13.8 Å². The maximum atomic E-state index is 10.9. The summed E-state index contributed by atoms with van der Waals surface area (Å²) >= 11 is 0. The number of ether oxygens (including phenoxy) is 1. The van der Waals surface area contributed by atoms with Crippen molar-refractivity contribution in [1.29, 1.82) is 0 Å². The number of rotatable bonds is 5. The molecule has 0 amide bonds. The van der Waals surface area contributed by atoms with Crippen LogP contribution >= 0.6 is 0 Å². The van der Waals surface area contributed by atoms with Crippen molar-refractivity contribution in [3.8, 4) is 0 Å². The third-order valence-electron chi connectivity index (χ3n) is 1.07. The fraction of sp³-hybridized carbons (Fsp3) is 0.857. The van der Waals surface area contributed by atoms with Gasteiger partial charge in [-0.15, -0.1) is 0 Å². The van der Waals surface area contributed by atoms with Gasteiger partial charge in [-0.1, -0.05) is 5.11 Å². The first-order chi connectivity index (χ1) is 5.66. The van der Waals surface area contributed by atoms with Gasteiger partial charge in [-0.05, 0) is 25.8 Å². The van der Waals surface area contributed by atoms with Crippen LogP contribution in [-0.4, -0.2) is 18.6 Å². The quantitative estimate of drug-likeness (QED) is 0.208. The second kappa shape index (κ2) is 6.49. The van der Waals surface area contributed by atoms with Crippen molar-refractivity contribution in [1.82, 2.24) is 0 Å². The van der Waals surface area contributed by atoms with Crippen LogP contribution in [0, 0.1) is 0 Å². The van der Waals surface area contributed by atoms with Gasteiger partial charge in [0.15, 0.2) is 0 Å². The standard InChI is InChI=1S/C7H13N3O2/c1-6(2)12-7(11)4-3-5-9-10-8/h6H,3-5H2,1-2H3. The highest BCUT2D eigenvalue weighted by Crippen LogP contribution is 1.97. The zero-order chi connectivity index (χ0) is 9.40. The molecule has 5 nitrogen and oxygen atoms in total. The Morgan fingerprint density at radius 1 is 1.67 bits per heavy atom. The van der Waals surface area contributed by atoms with Crippen LogP contribution in [0.4, 0.5) is 0 Å². The molecule has 0 aromatic heterocycles. The Morgan fingerprint density at radius 2 is 2.33 bits per heavy atom. The van der Waals surface area contributed by atoms with Crippen LogP contribution in [0.3, 0.4) is 0 Å². The lowest BCUT2D eigenvalue weighted by atomic mass is 10.3. The zero-order valence-corrected chi connectivity index (χ0v) is 7.36. The summed E-state index contributed by atoms with van der Waals surface area (Å²) in [5.74, 6) is -0.238. The summed E-state index contributed by atoms with van der Waals surface area (Å²) in [4.78, 5) is 13.4. The number of carbonyl (C=O) groups is 1. The minimum absolute atomic E-state index is 0.0723. The first-order valence-corrected chi connectivity index (χ1v) is 3.87. The predicted molar refractivity (Wildman–Crippen MR) is 44.5 cm³/mol. The van der Waals surface area contributed by atoms with Gasteiger partial charge < -0.3 is 4.74 Å². The molecule has 0 N–H and O–H groups in total. The predicted octanol–water partition coefficient (Wildman–Crippen LogP) is 2.03. The molecule has 5 heteroatoms. The van der Waals surface area contributed by atoms with Gasteiger partial charge in [-0.2, -0.15) is 0 Å². The summed E-state index contributed by atoms with van der Waals surface area (Å²) in [6.07, 6.45) is 0.796. The van der Waals surface area contributed by atoms with E-state index in [9.17, 15) is 4.79 Å². The van der Waals surface area contributed by atoms with E-state index in [-0.39, 0.29) is 12.1 Å². The molecule has 0 saturated carbocycles. The van der Waals surface area contributed by atoms with Gasteiger partial charge in [0.25, 0.3) is 0 Å². The molecule has 0 rings (SSSR count). The molecule has 68 valence electrons. The molecule has 0 aliphatic carbocycles. The molecule has 0 aliphatic rings. The highest BCUT2D eigenvalue weighted by molar-refractivity contribution is 5.69. The van der Waals surface area contributed by atoms with E-state index in [1.807, 2.05) is 0 Å². The Morgan fingerprint density at radius 3 is 2.83 bits per heavy atom. The first kappa shape index (κ1) is 10.8. The summed E-state index contributed by atoms with van der Waals surface area (Å²) in [7, 11) is 0. The maximum absolute atomic E-state index is 10.9. The largest absolute Gasteiger partial charge is 0.463 e. The monoisotopic (exact) mass is 171 g/mol. The van der Waals surface area contributed by atoms with E-state index in [0.717, 1.165) is 0 Å². The van der Waals surface area contributed by atoms with Crippen molar-refractivity contribution in [2.45, 2.75) is 32.8 Å². The molecule has 0 radical (unpaired) electrons. The molecule has 12 heavy (non-hydrogen) atoms. The van der Waals surface area contributed by atoms with Crippen LogP contribution in [0.25, 0.3) is 10.4 Å². The molecule has 0 bridgehead atoms. The number of hydrogen-bond acceptors (Lipinski definition) is 3. The molecular formula is C7H13N3O2. The Balaban J connectivity index is 3.37. The Kier molecular flexibility index (Phi) is 5.83. The summed E-state index contributed by atoms with van der Waals surface area (Å²) in [5.41, 5.74) is 7.92. The van der Waals surface area contributed by atoms with Crippen LogP contribution in [0.5, 0.6) is 0 Å². The van der Waals surface area contributed by atoms with Gasteiger partial charge in [0.2, 0.25) is 0 Å². The smallest absolute Gasteiger partial charge is 0.306 e. The second-order valence-corrected chi connectivity index (χ2v) is 2.60. The normalized spacial score (nSPS) is 9.25. The van der Waals surface area contributed by atoms with Gasteiger partial charge in [-0.25, -0.2) is 0 Å². The zero-order valence-electron chi connectivity index (χ0n) is 7.36. The molecular weight excluding hydrogens is 158 g/mol. The van der Waals surface area contributed by atoms with Crippen molar-refractivity contribution in [2.75, 3.05) is 6.54 Å². The lowest BCUT2D eigenvalue weighted by Gasteiger charge is -2.06. The van der Waals surface area contributed by atoms with Gasteiger partial charge in [-0.3, -0.25) is 4.79 Å². The second-order valence-electron chi connectivity index (χ2n) is 2.60. The van der Waals surface area contributed by atoms with E-state index in [1.165, 1.54) is 0 Å².